The molecule has 8 nitrogen and oxygen atoms in total. The Balaban J connectivity index is 0.00000261. The van der Waals surface area contributed by atoms with Gasteiger partial charge in [-0.1, -0.05) is 12.1 Å². The fraction of sp³-hybridized carbons (Fsp3) is 0.389. The zero-order chi connectivity index (χ0) is 18.4. The molecule has 4 N–H and O–H groups in total. The second-order valence-corrected chi connectivity index (χ2v) is 6.23. The monoisotopic (exact) mass is 393 g/mol. The molecule has 0 bridgehead atoms. The summed E-state index contributed by atoms with van der Waals surface area (Å²) in [4.78, 5) is 24.2. The number of halogens is 1. The zero-order valence-corrected chi connectivity index (χ0v) is 15.7. The van der Waals surface area contributed by atoms with Gasteiger partial charge in [0.1, 0.15) is 12.6 Å². The fourth-order valence-corrected chi connectivity index (χ4v) is 2.88. The van der Waals surface area contributed by atoms with Gasteiger partial charge in [0.2, 0.25) is 11.8 Å². The molecule has 2 atom stereocenters. The molecule has 0 aliphatic carbocycles. The van der Waals surface area contributed by atoms with Crippen LogP contribution in [-0.2, 0) is 27.4 Å². The first kappa shape index (κ1) is 20.9. The SMILES string of the molecule is Cl.NC[C@H]1CC[C@@H](C(=O)NCc2cccc(NC(=O)Cn3cccn3)c2)O1. The molecule has 9 heteroatoms. The van der Waals surface area contributed by atoms with Crippen molar-refractivity contribution in [2.45, 2.75) is 38.1 Å². The number of nitrogens with one attached hydrogen (secondary N) is 2. The second kappa shape index (κ2) is 10.1. The minimum Gasteiger partial charge on any atom is -0.364 e. The number of nitrogens with zero attached hydrogens (tertiary/aromatic N) is 2. The van der Waals surface area contributed by atoms with E-state index in [1.807, 2.05) is 18.2 Å². The molecule has 146 valence electrons. The highest BCUT2D eigenvalue weighted by Gasteiger charge is 2.29. The maximum absolute atomic E-state index is 12.2. The zero-order valence-electron chi connectivity index (χ0n) is 14.8. The van der Waals surface area contributed by atoms with E-state index in [9.17, 15) is 9.59 Å². The van der Waals surface area contributed by atoms with Crippen molar-refractivity contribution in [2.75, 3.05) is 11.9 Å². The van der Waals surface area contributed by atoms with E-state index in [0.29, 0.717) is 25.2 Å². The molecule has 0 spiro atoms. The summed E-state index contributed by atoms with van der Waals surface area (Å²) in [5.74, 6) is -0.295. The molecule has 2 amide bonds. The van der Waals surface area contributed by atoms with Crippen LogP contribution < -0.4 is 16.4 Å². The molecular formula is C18H24ClN5O3. The Labute approximate surface area is 163 Å². The van der Waals surface area contributed by atoms with Crippen LogP contribution >= 0.6 is 12.4 Å². The Bertz CT molecular complexity index is 753. The van der Waals surface area contributed by atoms with Crippen LogP contribution in [0.1, 0.15) is 18.4 Å². The van der Waals surface area contributed by atoms with Crippen LogP contribution in [0.3, 0.4) is 0 Å². The number of nitrogens with two attached hydrogens (primary N) is 1. The Kier molecular flexibility index (Phi) is 7.78. The summed E-state index contributed by atoms with van der Waals surface area (Å²) in [5, 5.41) is 9.70. The Morgan fingerprint density at radius 1 is 1.30 bits per heavy atom. The number of ether oxygens (including phenoxy) is 1. The minimum absolute atomic E-state index is 0. The Morgan fingerprint density at radius 2 is 2.15 bits per heavy atom. The maximum Gasteiger partial charge on any atom is 0.249 e. The topological polar surface area (TPSA) is 111 Å². The highest BCUT2D eigenvalue weighted by molar-refractivity contribution is 5.90. The minimum atomic E-state index is -0.430. The third-order valence-electron chi connectivity index (χ3n) is 4.21. The van der Waals surface area contributed by atoms with Crippen molar-refractivity contribution in [1.29, 1.82) is 0 Å². The molecule has 2 aromatic rings. The molecule has 1 aromatic carbocycles. The number of benzene rings is 1. The van der Waals surface area contributed by atoms with E-state index in [-0.39, 0.29) is 36.9 Å². The summed E-state index contributed by atoms with van der Waals surface area (Å²) in [6, 6.07) is 9.13. The highest BCUT2D eigenvalue weighted by atomic mass is 35.5. The largest absolute Gasteiger partial charge is 0.364 e. The third kappa shape index (κ3) is 6.06. The number of carbonyl (C=O) groups excluding carboxylic acids is 2. The molecule has 1 saturated heterocycles. The lowest BCUT2D eigenvalue weighted by molar-refractivity contribution is -0.132. The van der Waals surface area contributed by atoms with Crippen LogP contribution in [0, 0.1) is 0 Å². The van der Waals surface area contributed by atoms with Crippen molar-refractivity contribution >= 4 is 29.9 Å². The molecule has 1 aromatic heterocycles. The fourth-order valence-electron chi connectivity index (χ4n) is 2.88. The van der Waals surface area contributed by atoms with Gasteiger partial charge < -0.3 is 21.1 Å². The van der Waals surface area contributed by atoms with Crippen LogP contribution in [0.4, 0.5) is 5.69 Å². The summed E-state index contributed by atoms with van der Waals surface area (Å²) in [6.07, 6.45) is 4.40. The van der Waals surface area contributed by atoms with E-state index in [1.165, 1.54) is 0 Å². The van der Waals surface area contributed by atoms with Crippen LogP contribution in [0.5, 0.6) is 0 Å². The molecular weight excluding hydrogens is 370 g/mol. The molecule has 2 heterocycles. The van der Waals surface area contributed by atoms with Gasteiger partial charge in [0.15, 0.2) is 0 Å². The Morgan fingerprint density at radius 3 is 2.85 bits per heavy atom. The van der Waals surface area contributed by atoms with Crippen molar-refractivity contribution in [3.05, 3.63) is 48.3 Å². The van der Waals surface area contributed by atoms with E-state index in [0.717, 1.165) is 12.0 Å². The van der Waals surface area contributed by atoms with Crippen molar-refractivity contribution in [3.63, 3.8) is 0 Å². The van der Waals surface area contributed by atoms with Gasteiger partial charge in [-0.05, 0) is 36.6 Å². The van der Waals surface area contributed by atoms with Crippen LogP contribution in [0.25, 0.3) is 0 Å². The highest BCUT2D eigenvalue weighted by Crippen LogP contribution is 2.19. The van der Waals surface area contributed by atoms with Crippen molar-refractivity contribution in [3.8, 4) is 0 Å². The molecule has 1 aliphatic rings. The van der Waals surface area contributed by atoms with Gasteiger partial charge in [-0.15, -0.1) is 12.4 Å². The lowest BCUT2D eigenvalue weighted by Gasteiger charge is -2.13. The number of anilines is 1. The van der Waals surface area contributed by atoms with Gasteiger partial charge in [-0.3, -0.25) is 14.3 Å². The quantitative estimate of drug-likeness (QED) is 0.651. The van der Waals surface area contributed by atoms with Gasteiger partial charge in [-0.2, -0.15) is 5.10 Å². The van der Waals surface area contributed by atoms with E-state index in [4.69, 9.17) is 10.5 Å². The van der Waals surface area contributed by atoms with Gasteiger partial charge in [0, 0.05) is 31.2 Å². The maximum atomic E-state index is 12.2. The third-order valence-corrected chi connectivity index (χ3v) is 4.21. The summed E-state index contributed by atoms with van der Waals surface area (Å²) in [5.41, 5.74) is 7.13. The number of amides is 2. The smallest absolute Gasteiger partial charge is 0.249 e. The number of hydrogen-bond acceptors (Lipinski definition) is 5. The second-order valence-electron chi connectivity index (χ2n) is 6.23. The van der Waals surface area contributed by atoms with E-state index in [1.54, 1.807) is 29.2 Å². The Hall–Kier alpha value is -2.42. The summed E-state index contributed by atoms with van der Waals surface area (Å²) in [7, 11) is 0. The number of aromatic nitrogens is 2. The van der Waals surface area contributed by atoms with Crippen LogP contribution in [0.2, 0.25) is 0 Å². The van der Waals surface area contributed by atoms with Crippen molar-refractivity contribution < 1.29 is 14.3 Å². The van der Waals surface area contributed by atoms with Crippen molar-refractivity contribution in [1.82, 2.24) is 15.1 Å². The number of carbonyl (C=O) groups is 2. The van der Waals surface area contributed by atoms with Crippen LogP contribution in [-0.4, -0.2) is 40.3 Å². The van der Waals surface area contributed by atoms with Gasteiger partial charge in [0.05, 0.1) is 6.10 Å². The lowest BCUT2D eigenvalue weighted by atomic mass is 10.1. The lowest BCUT2D eigenvalue weighted by Crippen LogP contribution is -2.35. The van der Waals surface area contributed by atoms with E-state index in [2.05, 4.69) is 15.7 Å². The first-order valence-electron chi connectivity index (χ1n) is 8.63. The molecule has 3 rings (SSSR count). The number of hydrogen-bond donors (Lipinski definition) is 3. The van der Waals surface area contributed by atoms with Gasteiger partial charge in [-0.25, -0.2) is 0 Å². The molecule has 27 heavy (non-hydrogen) atoms. The summed E-state index contributed by atoms with van der Waals surface area (Å²) >= 11 is 0. The number of rotatable bonds is 7. The summed E-state index contributed by atoms with van der Waals surface area (Å²) in [6.45, 7) is 0.953. The van der Waals surface area contributed by atoms with Gasteiger partial charge in [0.25, 0.3) is 0 Å². The molecule has 1 aliphatic heterocycles. The van der Waals surface area contributed by atoms with E-state index >= 15 is 0 Å². The predicted molar refractivity (Wildman–Crippen MR) is 103 cm³/mol. The standard InChI is InChI=1S/C18H23N5O3.ClH/c19-10-15-5-6-16(26-15)18(25)20-11-13-3-1-4-14(9-13)22-17(24)12-23-8-2-7-21-23;/h1-4,7-9,15-16H,5-6,10-12,19H2,(H,20,25)(H,22,24);1H/t15-,16+;/m1./s1. The van der Waals surface area contributed by atoms with Crippen molar-refractivity contribution in [2.24, 2.45) is 5.73 Å². The molecule has 1 fully saturated rings. The predicted octanol–water partition coefficient (Wildman–Crippen LogP) is 1.07. The normalized spacial score (nSPS) is 18.6. The first-order valence-corrected chi connectivity index (χ1v) is 8.63. The van der Waals surface area contributed by atoms with E-state index < -0.39 is 6.10 Å². The summed E-state index contributed by atoms with van der Waals surface area (Å²) < 4.78 is 7.14. The van der Waals surface area contributed by atoms with Gasteiger partial charge >= 0.3 is 0 Å². The molecule has 0 radical (unpaired) electrons. The van der Waals surface area contributed by atoms with Crippen LogP contribution in [0.15, 0.2) is 42.7 Å². The first-order chi connectivity index (χ1) is 12.6. The average Bonchev–Trinajstić information content (AvgIpc) is 3.31. The average molecular weight is 394 g/mol. The molecule has 0 unspecified atom stereocenters. The molecule has 0 saturated carbocycles.